The molecule has 0 saturated carbocycles. The quantitative estimate of drug-likeness (QED) is 0.530. The van der Waals surface area contributed by atoms with Gasteiger partial charge in [-0.15, -0.1) is 0 Å². The molecule has 0 aliphatic rings. The first-order valence-corrected chi connectivity index (χ1v) is 6.57. The Kier molecular flexibility index (Phi) is 4.32. The third-order valence-electron chi connectivity index (χ3n) is 2.53. The monoisotopic (exact) mass is 312 g/mol. The van der Waals surface area contributed by atoms with Crippen molar-refractivity contribution >= 4 is 23.4 Å². The fourth-order valence-electron chi connectivity index (χ4n) is 1.60. The van der Waals surface area contributed by atoms with E-state index in [4.69, 9.17) is 0 Å². The molecular formula is C12H10F2N4O2S. The molecule has 0 saturated heterocycles. The molecule has 0 fully saturated rings. The lowest BCUT2D eigenvalue weighted by Crippen LogP contribution is -2.04. The molecule has 0 aliphatic carbocycles. The zero-order valence-corrected chi connectivity index (χ0v) is 11.9. The number of halogens is 2. The lowest BCUT2D eigenvalue weighted by atomic mass is 10.3. The summed E-state index contributed by atoms with van der Waals surface area (Å²) in [4.78, 5) is 18.4. The molecule has 9 heteroatoms. The minimum absolute atomic E-state index is 0.0117. The standard InChI is InChI=1S/C12H10F2N4O2S/c1-6-10(18(19)20)11(17-12(15-2)16-6)21-9-4-3-7(13)5-8(9)14/h3-5H,1-2H3,(H,15,16,17). The molecule has 0 unspecified atom stereocenters. The maximum absolute atomic E-state index is 13.7. The first-order chi connectivity index (χ1) is 9.92. The Morgan fingerprint density at radius 2 is 2.05 bits per heavy atom. The van der Waals surface area contributed by atoms with Crippen molar-refractivity contribution in [3.8, 4) is 0 Å². The Morgan fingerprint density at radius 1 is 1.33 bits per heavy atom. The molecule has 2 rings (SSSR count). The van der Waals surface area contributed by atoms with E-state index >= 15 is 0 Å². The molecule has 110 valence electrons. The summed E-state index contributed by atoms with van der Waals surface area (Å²) < 4.78 is 26.5. The van der Waals surface area contributed by atoms with Crippen LogP contribution < -0.4 is 5.32 Å². The molecule has 0 bridgehead atoms. The van der Waals surface area contributed by atoms with Gasteiger partial charge in [0.25, 0.3) is 0 Å². The Hall–Kier alpha value is -2.29. The van der Waals surface area contributed by atoms with Gasteiger partial charge in [-0.3, -0.25) is 10.1 Å². The fourth-order valence-corrected chi connectivity index (χ4v) is 2.55. The molecule has 1 heterocycles. The Bertz CT molecular complexity index is 712. The number of nitro groups is 1. The van der Waals surface area contributed by atoms with Crippen molar-refractivity contribution < 1.29 is 13.7 Å². The Morgan fingerprint density at radius 3 is 2.62 bits per heavy atom. The molecule has 0 spiro atoms. The van der Waals surface area contributed by atoms with Crippen molar-refractivity contribution in [2.45, 2.75) is 16.8 Å². The van der Waals surface area contributed by atoms with E-state index in [9.17, 15) is 18.9 Å². The van der Waals surface area contributed by atoms with Crippen LogP contribution in [0.3, 0.4) is 0 Å². The second kappa shape index (κ2) is 6.00. The van der Waals surface area contributed by atoms with Crippen LogP contribution in [0, 0.1) is 28.7 Å². The van der Waals surface area contributed by atoms with Crippen molar-refractivity contribution in [2.24, 2.45) is 0 Å². The van der Waals surface area contributed by atoms with Crippen LogP contribution in [0.15, 0.2) is 28.1 Å². The average Bonchev–Trinajstić information content (AvgIpc) is 2.40. The molecule has 1 N–H and O–H groups in total. The SMILES string of the molecule is CNc1nc(C)c([N+](=O)[O-])c(Sc2ccc(F)cc2F)n1. The molecule has 2 aromatic rings. The van der Waals surface area contributed by atoms with Gasteiger partial charge in [0.2, 0.25) is 5.95 Å². The average molecular weight is 312 g/mol. The molecule has 1 aromatic heterocycles. The van der Waals surface area contributed by atoms with E-state index in [2.05, 4.69) is 15.3 Å². The molecule has 0 atom stereocenters. The lowest BCUT2D eigenvalue weighted by Gasteiger charge is -2.07. The van der Waals surface area contributed by atoms with Crippen LogP contribution in [0.5, 0.6) is 0 Å². The summed E-state index contributed by atoms with van der Waals surface area (Å²) in [6.07, 6.45) is 0. The first kappa shape index (κ1) is 15.1. The van der Waals surface area contributed by atoms with Gasteiger partial charge in [-0.2, -0.15) is 4.98 Å². The lowest BCUT2D eigenvalue weighted by molar-refractivity contribution is -0.389. The fraction of sp³-hybridized carbons (Fsp3) is 0.167. The highest BCUT2D eigenvalue weighted by Gasteiger charge is 2.23. The predicted molar refractivity (Wildman–Crippen MR) is 73.5 cm³/mol. The van der Waals surface area contributed by atoms with Crippen molar-refractivity contribution in [2.75, 3.05) is 12.4 Å². The van der Waals surface area contributed by atoms with Gasteiger partial charge in [0.1, 0.15) is 17.3 Å². The highest BCUT2D eigenvalue weighted by atomic mass is 32.2. The summed E-state index contributed by atoms with van der Waals surface area (Å²) in [5, 5.41) is 13.8. The van der Waals surface area contributed by atoms with Crippen LogP contribution in [-0.4, -0.2) is 21.9 Å². The normalized spacial score (nSPS) is 10.5. The molecule has 1 aromatic carbocycles. The van der Waals surface area contributed by atoms with Gasteiger partial charge >= 0.3 is 5.69 Å². The smallest absolute Gasteiger partial charge is 0.322 e. The zero-order chi connectivity index (χ0) is 15.6. The van der Waals surface area contributed by atoms with Gasteiger partial charge in [0, 0.05) is 18.0 Å². The predicted octanol–water partition coefficient (Wildman–Crippen LogP) is 3.16. The third-order valence-corrected chi connectivity index (χ3v) is 3.56. The topological polar surface area (TPSA) is 81.0 Å². The maximum Gasteiger partial charge on any atom is 0.322 e. The number of anilines is 1. The maximum atomic E-state index is 13.7. The minimum atomic E-state index is -0.809. The number of hydrogen-bond acceptors (Lipinski definition) is 6. The minimum Gasteiger partial charge on any atom is -0.357 e. The number of hydrogen-bond donors (Lipinski definition) is 1. The Balaban J connectivity index is 2.51. The van der Waals surface area contributed by atoms with Gasteiger partial charge in [0.15, 0.2) is 5.03 Å². The number of benzene rings is 1. The molecule has 0 amide bonds. The van der Waals surface area contributed by atoms with Crippen molar-refractivity contribution in [3.05, 3.63) is 45.6 Å². The molecule has 0 aliphatic heterocycles. The molecule has 21 heavy (non-hydrogen) atoms. The second-order valence-electron chi connectivity index (χ2n) is 3.97. The highest BCUT2D eigenvalue weighted by Crippen LogP contribution is 2.36. The van der Waals surface area contributed by atoms with Crippen LogP contribution in [0.4, 0.5) is 20.4 Å². The van der Waals surface area contributed by atoms with Crippen molar-refractivity contribution in [3.63, 3.8) is 0 Å². The van der Waals surface area contributed by atoms with E-state index in [0.717, 1.165) is 17.8 Å². The second-order valence-corrected chi connectivity index (χ2v) is 5.00. The van der Waals surface area contributed by atoms with Crippen molar-refractivity contribution in [1.82, 2.24) is 9.97 Å². The van der Waals surface area contributed by atoms with Crippen LogP contribution in [-0.2, 0) is 0 Å². The van der Waals surface area contributed by atoms with E-state index in [1.165, 1.54) is 13.0 Å². The highest BCUT2D eigenvalue weighted by molar-refractivity contribution is 7.99. The van der Waals surface area contributed by atoms with E-state index < -0.39 is 16.6 Å². The number of nitrogens with zero attached hydrogens (tertiary/aromatic N) is 3. The van der Waals surface area contributed by atoms with E-state index in [1.807, 2.05) is 0 Å². The first-order valence-electron chi connectivity index (χ1n) is 5.76. The number of aryl methyl sites for hydroxylation is 1. The van der Waals surface area contributed by atoms with Crippen LogP contribution in [0.1, 0.15) is 5.69 Å². The summed E-state index contributed by atoms with van der Waals surface area (Å²) in [6, 6.07) is 2.99. The van der Waals surface area contributed by atoms with Gasteiger partial charge in [-0.05, 0) is 19.1 Å². The van der Waals surface area contributed by atoms with E-state index in [0.29, 0.717) is 6.07 Å². The Labute approximate surface area is 122 Å². The van der Waals surface area contributed by atoms with E-state index in [1.54, 1.807) is 7.05 Å². The summed E-state index contributed by atoms with van der Waals surface area (Å²) in [6.45, 7) is 1.46. The molecule has 6 nitrogen and oxygen atoms in total. The van der Waals surface area contributed by atoms with Gasteiger partial charge in [-0.25, -0.2) is 13.8 Å². The number of rotatable bonds is 4. The summed E-state index contributed by atoms with van der Waals surface area (Å²) >= 11 is 0.747. The summed E-state index contributed by atoms with van der Waals surface area (Å²) in [5.74, 6) is -1.35. The van der Waals surface area contributed by atoms with Crippen LogP contribution in [0.25, 0.3) is 0 Å². The largest absolute Gasteiger partial charge is 0.357 e. The van der Waals surface area contributed by atoms with Crippen LogP contribution in [0.2, 0.25) is 0 Å². The van der Waals surface area contributed by atoms with E-state index in [-0.39, 0.29) is 27.3 Å². The number of nitrogens with one attached hydrogen (secondary N) is 1. The van der Waals surface area contributed by atoms with Gasteiger partial charge in [0.05, 0.1) is 4.92 Å². The summed E-state index contributed by atoms with van der Waals surface area (Å²) in [5.41, 5.74) is -0.146. The van der Waals surface area contributed by atoms with Crippen LogP contribution >= 0.6 is 11.8 Å². The van der Waals surface area contributed by atoms with Gasteiger partial charge in [-0.1, -0.05) is 11.8 Å². The van der Waals surface area contributed by atoms with Gasteiger partial charge < -0.3 is 5.32 Å². The molecular weight excluding hydrogens is 302 g/mol. The summed E-state index contributed by atoms with van der Waals surface area (Å²) in [7, 11) is 1.56. The zero-order valence-electron chi connectivity index (χ0n) is 11.1. The third kappa shape index (κ3) is 3.24. The number of aromatic nitrogens is 2. The van der Waals surface area contributed by atoms with Crippen molar-refractivity contribution in [1.29, 1.82) is 0 Å². The molecule has 0 radical (unpaired) electrons.